The molecule has 4 atom stereocenters. The molecule has 0 radical (unpaired) electrons. The van der Waals surface area contributed by atoms with Crippen LogP contribution in [0.25, 0.3) is 0 Å². The number of ether oxygens (including phenoxy) is 2. The van der Waals surface area contributed by atoms with Gasteiger partial charge in [0.2, 0.25) is 0 Å². The highest BCUT2D eigenvalue weighted by Gasteiger charge is 2.32. The summed E-state index contributed by atoms with van der Waals surface area (Å²) in [6, 6.07) is 0. The molecule has 0 bridgehead atoms. The van der Waals surface area contributed by atoms with E-state index in [2.05, 4.69) is 5.32 Å². The van der Waals surface area contributed by atoms with Gasteiger partial charge in [-0.15, -0.1) is 0 Å². The zero-order valence-electron chi connectivity index (χ0n) is 11.8. The first kappa shape index (κ1) is 17.8. The Labute approximate surface area is 119 Å². The van der Waals surface area contributed by atoms with E-state index in [4.69, 9.17) is 14.6 Å². The monoisotopic (exact) mass is 293 g/mol. The summed E-state index contributed by atoms with van der Waals surface area (Å²) in [6.45, 7) is 2.00. The third kappa shape index (κ3) is 6.45. The molecule has 0 aliphatic carbocycles. The lowest BCUT2D eigenvalue weighted by Crippen LogP contribution is -2.50. The van der Waals surface area contributed by atoms with Crippen molar-refractivity contribution in [2.24, 2.45) is 0 Å². The second-order valence-electron chi connectivity index (χ2n) is 5.02. The van der Waals surface area contributed by atoms with Crippen LogP contribution in [0, 0.1) is 0 Å². The molecule has 5 N–H and O–H groups in total. The van der Waals surface area contributed by atoms with E-state index >= 15 is 0 Å². The van der Waals surface area contributed by atoms with Gasteiger partial charge in [-0.25, -0.2) is 0 Å². The van der Waals surface area contributed by atoms with Crippen molar-refractivity contribution in [2.75, 3.05) is 39.5 Å². The van der Waals surface area contributed by atoms with Gasteiger partial charge in [0.05, 0.1) is 12.7 Å². The molecule has 1 saturated heterocycles. The maximum atomic E-state index is 10.0. The minimum absolute atomic E-state index is 0.194. The number of hydrogen-bond donors (Lipinski definition) is 5. The molecule has 7 nitrogen and oxygen atoms in total. The van der Waals surface area contributed by atoms with Gasteiger partial charge in [0.15, 0.2) is 0 Å². The van der Waals surface area contributed by atoms with Crippen LogP contribution < -0.4 is 5.32 Å². The topological polar surface area (TPSA) is 111 Å². The fraction of sp³-hybridized carbons (Fsp3) is 1.00. The number of aliphatic hydroxyl groups excluding tert-OH is 4. The molecule has 7 heteroatoms. The number of aliphatic hydroxyl groups is 4. The van der Waals surface area contributed by atoms with Crippen molar-refractivity contribution in [1.29, 1.82) is 0 Å². The van der Waals surface area contributed by atoms with Gasteiger partial charge < -0.3 is 35.2 Å². The van der Waals surface area contributed by atoms with E-state index in [1.54, 1.807) is 0 Å². The van der Waals surface area contributed by atoms with Crippen LogP contribution >= 0.6 is 0 Å². The third-order valence-electron chi connectivity index (χ3n) is 3.29. The Morgan fingerprint density at radius 2 is 1.80 bits per heavy atom. The van der Waals surface area contributed by atoms with E-state index in [1.165, 1.54) is 0 Å². The Kier molecular flexibility index (Phi) is 9.28. The highest BCUT2D eigenvalue weighted by Crippen LogP contribution is 2.11. The molecule has 1 rings (SSSR count). The Hall–Kier alpha value is -0.280. The summed E-state index contributed by atoms with van der Waals surface area (Å²) in [6.07, 6.45) is -2.13. The van der Waals surface area contributed by atoms with E-state index in [9.17, 15) is 15.3 Å². The molecule has 0 saturated carbocycles. The average molecular weight is 293 g/mol. The molecule has 20 heavy (non-hydrogen) atoms. The minimum Gasteiger partial charge on any atom is -0.394 e. The smallest absolute Gasteiger partial charge is 0.114 e. The van der Waals surface area contributed by atoms with Gasteiger partial charge in [-0.05, 0) is 25.8 Å². The van der Waals surface area contributed by atoms with Crippen LogP contribution in [-0.4, -0.2) is 84.4 Å². The number of nitrogens with one attached hydrogen (secondary N) is 1. The van der Waals surface area contributed by atoms with Gasteiger partial charge >= 0.3 is 0 Å². The summed E-state index contributed by atoms with van der Waals surface area (Å²) in [7, 11) is 0. The lowest BCUT2D eigenvalue weighted by Gasteiger charge is -2.30. The van der Waals surface area contributed by atoms with Crippen LogP contribution in [0.4, 0.5) is 0 Å². The molecular formula is C13H27NO6. The maximum absolute atomic E-state index is 10.0. The Balaban J connectivity index is 2.55. The lowest BCUT2D eigenvalue weighted by molar-refractivity contribution is -0.142. The van der Waals surface area contributed by atoms with Crippen molar-refractivity contribution in [1.82, 2.24) is 5.32 Å². The van der Waals surface area contributed by atoms with Crippen molar-refractivity contribution < 1.29 is 29.9 Å². The fourth-order valence-electron chi connectivity index (χ4n) is 2.06. The summed E-state index contributed by atoms with van der Waals surface area (Å²) in [5.41, 5.74) is 0. The first-order valence-electron chi connectivity index (χ1n) is 7.22. The number of β-amino-alcohol motifs (C(OH)–C–C–N with tert-alkyl or cyclic N) is 1. The van der Waals surface area contributed by atoms with Gasteiger partial charge in [0.1, 0.15) is 18.3 Å². The Bertz CT molecular complexity index is 243. The molecule has 0 spiro atoms. The second-order valence-corrected chi connectivity index (χ2v) is 5.02. The zero-order chi connectivity index (χ0) is 14.8. The van der Waals surface area contributed by atoms with Crippen molar-refractivity contribution >= 4 is 0 Å². The van der Waals surface area contributed by atoms with Gasteiger partial charge in [-0.2, -0.15) is 0 Å². The number of rotatable bonds is 2. The van der Waals surface area contributed by atoms with Crippen LogP contribution in [0.3, 0.4) is 0 Å². The average Bonchev–Trinajstić information content (AvgIpc) is 2.46. The molecule has 120 valence electrons. The number of hydrogen-bond acceptors (Lipinski definition) is 7. The van der Waals surface area contributed by atoms with Crippen molar-refractivity contribution in [2.45, 2.75) is 43.7 Å². The standard InChI is InChI=1S/C13H27NO6/c15-9-11(17)13-12(18)10(16)8-14-4-3-6-19-5-1-2-7-20-13/h10-18H,1-9H2/t10-,11-,12-,13-/m1/s1. The van der Waals surface area contributed by atoms with Gasteiger partial charge in [-0.1, -0.05) is 0 Å². The van der Waals surface area contributed by atoms with Crippen LogP contribution in [0.1, 0.15) is 19.3 Å². The molecule has 1 aliphatic heterocycles. The van der Waals surface area contributed by atoms with Gasteiger partial charge in [0, 0.05) is 26.4 Å². The molecule has 0 aromatic heterocycles. The van der Waals surface area contributed by atoms with E-state index < -0.39 is 31.0 Å². The van der Waals surface area contributed by atoms with Crippen molar-refractivity contribution in [3.63, 3.8) is 0 Å². The maximum Gasteiger partial charge on any atom is 0.114 e. The summed E-state index contributed by atoms with van der Waals surface area (Å²) < 4.78 is 10.8. The summed E-state index contributed by atoms with van der Waals surface area (Å²) in [5.74, 6) is 0. The largest absolute Gasteiger partial charge is 0.394 e. The molecule has 1 fully saturated rings. The normalized spacial score (nSPS) is 33.3. The molecule has 0 unspecified atom stereocenters. The lowest BCUT2D eigenvalue weighted by atomic mass is 10.0. The Morgan fingerprint density at radius 3 is 2.55 bits per heavy atom. The predicted octanol–water partition coefficient (Wildman–Crippen LogP) is -1.76. The van der Waals surface area contributed by atoms with E-state index in [0.717, 1.165) is 19.3 Å². The molecule has 0 aromatic rings. The second kappa shape index (κ2) is 10.4. The quantitative estimate of drug-likeness (QED) is 0.410. The van der Waals surface area contributed by atoms with E-state index in [1.807, 2.05) is 0 Å². The Morgan fingerprint density at radius 1 is 1.10 bits per heavy atom. The van der Waals surface area contributed by atoms with Gasteiger partial charge in [0.25, 0.3) is 0 Å². The summed E-state index contributed by atoms with van der Waals surface area (Å²) in [4.78, 5) is 0. The SMILES string of the molecule is OC[C@@H](O)[C@H]1OCCCCOCCCNC[C@@H](O)[C@H]1O. The summed E-state index contributed by atoms with van der Waals surface area (Å²) >= 11 is 0. The van der Waals surface area contributed by atoms with Crippen LogP contribution in [-0.2, 0) is 9.47 Å². The predicted molar refractivity (Wildman–Crippen MR) is 72.4 cm³/mol. The van der Waals surface area contributed by atoms with Crippen LogP contribution in [0.15, 0.2) is 0 Å². The van der Waals surface area contributed by atoms with Gasteiger partial charge in [-0.3, -0.25) is 0 Å². The van der Waals surface area contributed by atoms with Crippen molar-refractivity contribution in [3.05, 3.63) is 0 Å². The summed E-state index contributed by atoms with van der Waals surface area (Å²) in [5, 5.41) is 41.6. The molecule has 1 aliphatic rings. The van der Waals surface area contributed by atoms with Crippen molar-refractivity contribution in [3.8, 4) is 0 Å². The highest BCUT2D eigenvalue weighted by molar-refractivity contribution is 4.83. The highest BCUT2D eigenvalue weighted by atomic mass is 16.5. The van der Waals surface area contributed by atoms with Crippen LogP contribution in [0.2, 0.25) is 0 Å². The molecule has 1 heterocycles. The van der Waals surface area contributed by atoms with Crippen LogP contribution in [0.5, 0.6) is 0 Å². The minimum atomic E-state index is -1.25. The molecule has 0 aromatic carbocycles. The molecule has 0 amide bonds. The first-order valence-corrected chi connectivity index (χ1v) is 7.22. The third-order valence-corrected chi connectivity index (χ3v) is 3.29. The van der Waals surface area contributed by atoms with E-state index in [-0.39, 0.29) is 6.54 Å². The fourth-order valence-corrected chi connectivity index (χ4v) is 2.06. The first-order chi connectivity index (χ1) is 9.66. The zero-order valence-corrected chi connectivity index (χ0v) is 11.8. The molecular weight excluding hydrogens is 266 g/mol. The van der Waals surface area contributed by atoms with E-state index in [0.29, 0.717) is 26.4 Å².